The standard InChI is InChI=1S/C13H23N3O/c1-9(2)15-10(3)13(16(4)5)11-6-7-12(17)14-8-11/h6-10,13,15H,1-5H3,(H,14,17)/t10-,13+/m0/s1. The number of pyridine rings is 1. The Hall–Kier alpha value is -1.13. The topological polar surface area (TPSA) is 48.1 Å². The Bertz CT molecular complexity index is 377. The zero-order valence-electron chi connectivity index (χ0n) is 11.3. The fraction of sp³-hybridized carbons (Fsp3) is 0.615. The number of aromatic amines is 1. The molecule has 0 bridgehead atoms. The van der Waals surface area contributed by atoms with Crippen molar-refractivity contribution < 1.29 is 0 Å². The summed E-state index contributed by atoms with van der Waals surface area (Å²) in [5.41, 5.74) is 1.06. The van der Waals surface area contributed by atoms with Crippen molar-refractivity contribution in [3.8, 4) is 0 Å². The molecule has 0 unspecified atom stereocenters. The molecule has 0 saturated heterocycles. The molecule has 0 aliphatic carbocycles. The van der Waals surface area contributed by atoms with Crippen LogP contribution in [0.25, 0.3) is 0 Å². The van der Waals surface area contributed by atoms with Gasteiger partial charge in [0.1, 0.15) is 0 Å². The molecule has 0 spiro atoms. The molecule has 2 N–H and O–H groups in total. The van der Waals surface area contributed by atoms with E-state index in [1.807, 2.05) is 20.2 Å². The number of H-pyrrole nitrogens is 1. The molecule has 0 amide bonds. The van der Waals surface area contributed by atoms with E-state index in [2.05, 4.69) is 36.0 Å². The van der Waals surface area contributed by atoms with E-state index in [-0.39, 0.29) is 11.6 Å². The van der Waals surface area contributed by atoms with Crippen molar-refractivity contribution in [2.45, 2.75) is 38.9 Å². The first-order chi connectivity index (χ1) is 7.91. The molecule has 96 valence electrons. The second kappa shape index (κ2) is 5.98. The highest BCUT2D eigenvalue weighted by Crippen LogP contribution is 2.20. The van der Waals surface area contributed by atoms with Crippen LogP contribution in [0.5, 0.6) is 0 Å². The van der Waals surface area contributed by atoms with Gasteiger partial charge in [-0.1, -0.05) is 19.9 Å². The summed E-state index contributed by atoms with van der Waals surface area (Å²) in [6.07, 6.45) is 1.80. The molecule has 0 fully saturated rings. The van der Waals surface area contributed by atoms with Gasteiger partial charge in [0.05, 0.1) is 6.04 Å². The SMILES string of the molecule is CC(C)N[C@@H](C)[C@H](c1ccc(=O)[nH]c1)N(C)C. The van der Waals surface area contributed by atoms with Crippen molar-refractivity contribution in [2.75, 3.05) is 14.1 Å². The van der Waals surface area contributed by atoms with Gasteiger partial charge in [-0.15, -0.1) is 0 Å². The van der Waals surface area contributed by atoms with Crippen LogP contribution in [0.1, 0.15) is 32.4 Å². The third kappa shape index (κ3) is 3.98. The molecule has 1 aromatic heterocycles. The van der Waals surface area contributed by atoms with Gasteiger partial charge in [0.2, 0.25) is 5.56 Å². The number of likely N-dealkylation sites (N-methyl/N-ethyl adjacent to an activating group) is 1. The smallest absolute Gasteiger partial charge is 0.247 e. The molecule has 2 atom stereocenters. The molecular formula is C13H23N3O. The molecule has 1 heterocycles. The summed E-state index contributed by atoms with van der Waals surface area (Å²) in [5, 5.41) is 3.50. The Morgan fingerprint density at radius 2 is 1.88 bits per heavy atom. The summed E-state index contributed by atoms with van der Waals surface area (Å²) in [5.74, 6) is 0. The lowest BCUT2D eigenvalue weighted by Crippen LogP contribution is -2.42. The third-order valence-corrected chi connectivity index (χ3v) is 2.78. The van der Waals surface area contributed by atoms with Gasteiger partial charge in [-0.2, -0.15) is 0 Å². The van der Waals surface area contributed by atoms with Crippen LogP contribution in [-0.2, 0) is 0 Å². The zero-order valence-corrected chi connectivity index (χ0v) is 11.3. The number of hydrogen-bond acceptors (Lipinski definition) is 3. The van der Waals surface area contributed by atoms with Crippen LogP contribution in [0.2, 0.25) is 0 Å². The molecule has 0 aliphatic rings. The van der Waals surface area contributed by atoms with Crippen molar-refractivity contribution in [1.29, 1.82) is 0 Å². The third-order valence-electron chi connectivity index (χ3n) is 2.78. The predicted octanol–water partition coefficient (Wildman–Crippen LogP) is 1.36. The molecule has 0 radical (unpaired) electrons. The van der Waals surface area contributed by atoms with Gasteiger partial charge in [0, 0.05) is 24.3 Å². The van der Waals surface area contributed by atoms with E-state index in [1.165, 1.54) is 0 Å². The monoisotopic (exact) mass is 237 g/mol. The lowest BCUT2D eigenvalue weighted by Gasteiger charge is -2.32. The Balaban J connectivity index is 2.92. The number of nitrogens with one attached hydrogen (secondary N) is 2. The maximum absolute atomic E-state index is 11.1. The average Bonchev–Trinajstić information content (AvgIpc) is 2.19. The minimum Gasteiger partial charge on any atom is -0.329 e. The molecular weight excluding hydrogens is 214 g/mol. The summed E-state index contributed by atoms with van der Waals surface area (Å²) >= 11 is 0. The minimum atomic E-state index is -0.0595. The minimum absolute atomic E-state index is 0.0595. The van der Waals surface area contributed by atoms with Crippen molar-refractivity contribution >= 4 is 0 Å². The van der Waals surface area contributed by atoms with Crippen LogP contribution in [-0.4, -0.2) is 36.1 Å². The van der Waals surface area contributed by atoms with E-state index in [9.17, 15) is 4.79 Å². The lowest BCUT2D eigenvalue weighted by atomic mass is 10.0. The molecule has 17 heavy (non-hydrogen) atoms. The highest BCUT2D eigenvalue weighted by Gasteiger charge is 2.21. The predicted molar refractivity (Wildman–Crippen MR) is 71.2 cm³/mol. The second-order valence-electron chi connectivity index (χ2n) is 5.00. The summed E-state index contributed by atoms with van der Waals surface area (Å²) in [6, 6.07) is 4.47. The highest BCUT2D eigenvalue weighted by molar-refractivity contribution is 5.16. The van der Waals surface area contributed by atoms with Crippen LogP contribution < -0.4 is 10.9 Å². The van der Waals surface area contributed by atoms with E-state index in [1.54, 1.807) is 12.3 Å². The molecule has 4 heteroatoms. The Kier molecular flexibility index (Phi) is 4.90. The summed E-state index contributed by atoms with van der Waals surface area (Å²) < 4.78 is 0. The highest BCUT2D eigenvalue weighted by atomic mass is 16.1. The van der Waals surface area contributed by atoms with Crippen LogP contribution in [0.4, 0.5) is 0 Å². The zero-order chi connectivity index (χ0) is 13.0. The second-order valence-corrected chi connectivity index (χ2v) is 5.00. The molecule has 4 nitrogen and oxygen atoms in total. The largest absolute Gasteiger partial charge is 0.329 e. The van der Waals surface area contributed by atoms with Gasteiger partial charge < -0.3 is 15.2 Å². The van der Waals surface area contributed by atoms with Gasteiger partial charge in [-0.05, 0) is 26.6 Å². The van der Waals surface area contributed by atoms with Crippen molar-refractivity contribution in [3.05, 3.63) is 34.2 Å². The van der Waals surface area contributed by atoms with Crippen LogP contribution in [0, 0.1) is 0 Å². The first kappa shape index (κ1) is 13.9. The van der Waals surface area contributed by atoms with Crippen LogP contribution in [0.3, 0.4) is 0 Å². The fourth-order valence-electron chi connectivity index (χ4n) is 2.26. The van der Waals surface area contributed by atoms with Crippen LogP contribution >= 0.6 is 0 Å². The maximum atomic E-state index is 11.1. The Morgan fingerprint density at radius 3 is 2.29 bits per heavy atom. The fourth-order valence-corrected chi connectivity index (χ4v) is 2.26. The first-order valence-electron chi connectivity index (χ1n) is 6.03. The molecule has 0 aliphatic heterocycles. The average molecular weight is 237 g/mol. The van der Waals surface area contributed by atoms with Crippen molar-refractivity contribution in [2.24, 2.45) is 0 Å². The molecule has 1 rings (SSSR count). The van der Waals surface area contributed by atoms with Crippen molar-refractivity contribution in [3.63, 3.8) is 0 Å². The first-order valence-corrected chi connectivity index (χ1v) is 6.03. The molecule has 0 saturated carbocycles. The number of hydrogen-bond donors (Lipinski definition) is 2. The lowest BCUT2D eigenvalue weighted by molar-refractivity contribution is 0.232. The van der Waals surface area contributed by atoms with E-state index in [4.69, 9.17) is 0 Å². The number of nitrogens with zero attached hydrogens (tertiary/aromatic N) is 1. The number of aromatic nitrogens is 1. The van der Waals surface area contributed by atoms with E-state index in [0.717, 1.165) is 5.56 Å². The van der Waals surface area contributed by atoms with Gasteiger partial charge in [0.15, 0.2) is 0 Å². The maximum Gasteiger partial charge on any atom is 0.247 e. The normalized spacial score (nSPS) is 15.2. The Morgan fingerprint density at radius 1 is 1.24 bits per heavy atom. The van der Waals surface area contributed by atoms with Gasteiger partial charge >= 0.3 is 0 Å². The van der Waals surface area contributed by atoms with Crippen LogP contribution in [0.15, 0.2) is 23.1 Å². The van der Waals surface area contributed by atoms with Crippen molar-refractivity contribution in [1.82, 2.24) is 15.2 Å². The summed E-state index contributed by atoms with van der Waals surface area (Å²) in [6.45, 7) is 6.43. The van der Waals surface area contributed by atoms with E-state index < -0.39 is 0 Å². The molecule has 1 aromatic rings. The summed E-state index contributed by atoms with van der Waals surface area (Å²) in [7, 11) is 4.10. The van der Waals surface area contributed by atoms with Gasteiger partial charge in [-0.25, -0.2) is 0 Å². The number of rotatable bonds is 5. The van der Waals surface area contributed by atoms with E-state index in [0.29, 0.717) is 12.1 Å². The summed E-state index contributed by atoms with van der Waals surface area (Å²) in [4.78, 5) is 16.0. The van der Waals surface area contributed by atoms with Gasteiger partial charge in [0.25, 0.3) is 0 Å². The Labute approximate surface area is 103 Å². The quantitative estimate of drug-likeness (QED) is 0.813. The van der Waals surface area contributed by atoms with Gasteiger partial charge in [-0.3, -0.25) is 4.79 Å². The molecule has 0 aromatic carbocycles. The van der Waals surface area contributed by atoms with E-state index >= 15 is 0 Å².